The largest absolute Gasteiger partial charge is 0.383 e. The van der Waals surface area contributed by atoms with Gasteiger partial charge in [0.25, 0.3) is 0 Å². The van der Waals surface area contributed by atoms with Crippen LogP contribution in [0.1, 0.15) is 31.0 Å². The third kappa shape index (κ3) is 5.89. The summed E-state index contributed by atoms with van der Waals surface area (Å²) >= 11 is 1.54. The molecule has 3 aromatic rings. The minimum absolute atomic E-state index is 0. The van der Waals surface area contributed by atoms with Crippen LogP contribution in [0.5, 0.6) is 0 Å². The molecule has 0 bridgehead atoms. The zero-order valence-corrected chi connectivity index (χ0v) is 19.3. The first-order chi connectivity index (χ1) is 13.1. The van der Waals surface area contributed by atoms with Gasteiger partial charge in [-0.3, -0.25) is 4.40 Å². The maximum atomic E-state index is 10.6. The van der Waals surface area contributed by atoms with E-state index in [1.54, 1.807) is 18.3 Å². The predicted molar refractivity (Wildman–Crippen MR) is 125 cm³/mol. The summed E-state index contributed by atoms with van der Waals surface area (Å²) in [4.78, 5) is 5.46. The predicted octanol–water partition coefficient (Wildman–Crippen LogP) is 2.80. The Balaban J connectivity index is 0.00000280. The molecule has 1 atom stereocenters. The molecular formula is C19H27IN6OS. The monoisotopic (exact) mass is 514 g/mol. The number of halogens is 1. The Labute approximate surface area is 186 Å². The Morgan fingerprint density at radius 2 is 2.11 bits per heavy atom. The fraction of sp³-hybridized carbons (Fsp3) is 0.421. The van der Waals surface area contributed by atoms with Crippen LogP contribution in [0.15, 0.2) is 46.9 Å². The van der Waals surface area contributed by atoms with Crippen molar-refractivity contribution in [3.8, 4) is 0 Å². The Morgan fingerprint density at radius 3 is 2.86 bits per heavy atom. The van der Waals surface area contributed by atoms with Gasteiger partial charge in [-0.25, -0.2) is 4.99 Å². The van der Waals surface area contributed by atoms with Crippen LogP contribution in [0.25, 0.3) is 5.65 Å². The van der Waals surface area contributed by atoms with E-state index >= 15 is 0 Å². The van der Waals surface area contributed by atoms with Crippen LogP contribution in [-0.4, -0.2) is 45.3 Å². The summed E-state index contributed by atoms with van der Waals surface area (Å²) < 4.78 is 2.01. The van der Waals surface area contributed by atoms with Crippen LogP contribution < -0.4 is 10.6 Å². The third-order valence-electron chi connectivity index (χ3n) is 4.20. The minimum atomic E-state index is -0.961. The summed E-state index contributed by atoms with van der Waals surface area (Å²) in [7, 11) is 0. The second-order valence-corrected chi connectivity index (χ2v) is 7.47. The maximum absolute atomic E-state index is 10.6. The second kappa shape index (κ2) is 10.7. The molecule has 0 aromatic carbocycles. The Morgan fingerprint density at radius 1 is 1.25 bits per heavy atom. The smallest absolute Gasteiger partial charge is 0.191 e. The quantitative estimate of drug-likeness (QED) is 0.186. The van der Waals surface area contributed by atoms with Gasteiger partial charge in [0.2, 0.25) is 0 Å². The number of nitrogens with zero attached hydrogens (tertiary/aromatic N) is 4. The number of hydrogen-bond acceptors (Lipinski definition) is 5. The first-order valence-electron chi connectivity index (χ1n) is 9.17. The van der Waals surface area contributed by atoms with E-state index in [-0.39, 0.29) is 24.0 Å². The van der Waals surface area contributed by atoms with Gasteiger partial charge in [-0.2, -0.15) is 0 Å². The molecular weight excluding hydrogens is 487 g/mol. The molecule has 0 radical (unpaired) electrons. The van der Waals surface area contributed by atoms with E-state index in [2.05, 4.69) is 25.8 Å². The fourth-order valence-corrected chi connectivity index (χ4v) is 3.53. The number of nitrogens with one attached hydrogen (secondary N) is 2. The van der Waals surface area contributed by atoms with Crippen molar-refractivity contribution >= 4 is 46.9 Å². The van der Waals surface area contributed by atoms with Crippen LogP contribution in [0, 0.1) is 0 Å². The van der Waals surface area contributed by atoms with E-state index < -0.39 is 5.60 Å². The van der Waals surface area contributed by atoms with E-state index in [0.29, 0.717) is 12.5 Å². The van der Waals surface area contributed by atoms with Gasteiger partial charge < -0.3 is 15.7 Å². The number of rotatable bonds is 8. The van der Waals surface area contributed by atoms with Crippen LogP contribution in [0.4, 0.5) is 0 Å². The standard InChI is InChI=1S/C19H26N6OS.HI/c1-3-20-18(22-14-19(2,26)15-8-7-13-27-15)21-11-6-10-17-24-23-16-9-4-5-12-25(16)17;/h4-5,7-9,12-13,26H,3,6,10-11,14H2,1-2H3,(H2,20,21,22);1H. The van der Waals surface area contributed by atoms with Crippen molar-refractivity contribution in [2.45, 2.75) is 32.3 Å². The van der Waals surface area contributed by atoms with E-state index in [9.17, 15) is 5.11 Å². The lowest BCUT2D eigenvalue weighted by molar-refractivity contribution is 0.0711. The molecule has 3 heterocycles. The SMILES string of the molecule is CCNC(=NCC(C)(O)c1cccs1)NCCCc1nnc2ccccn12.I. The summed E-state index contributed by atoms with van der Waals surface area (Å²) in [5.74, 6) is 1.66. The van der Waals surface area contributed by atoms with Crippen molar-refractivity contribution < 1.29 is 5.11 Å². The summed E-state index contributed by atoms with van der Waals surface area (Å²) in [6.07, 6.45) is 3.71. The van der Waals surface area contributed by atoms with Gasteiger partial charge in [-0.05, 0) is 43.8 Å². The van der Waals surface area contributed by atoms with Gasteiger partial charge in [0.05, 0.1) is 6.54 Å². The average molecular weight is 514 g/mol. The Bertz CT molecular complexity index is 878. The van der Waals surface area contributed by atoms with Crippen molar-refractivity contribution in [2.75, 3.05) is 19.6 Å². The Kier molecular flexibility index (Phi) is 8.64. The molecule has 0 fully saturated rings. The van der Waals surface area contributed by atoms with E-state index in [4.69, 9.17) is 0 Å². The fourth-order valence-electron chi connectivity index (χ4n) is 2.75. The molecule has 3 rings (SSSR count). The van der Waals surface area contributed by atoms with Crippen LogP contribution in [0.2, 0.25) is 0 Å². The van der Waals surface area contributed by atoms with E-state index in [1.807, 2.05) is 53.2 Å². The number of aromatic nitrogens is 3. The number of aryl methyl sites for hydroxylation is 1. The van der Waals surface area contributed by atoms with Gasteiger partial charge >= 0.3 is 0 Å². The summed E-state index contributed by atoms with van der Waals surface area (Å²) in [5, 5.41) is 27.6. The first kappa shape index (κ1) is 22.6. The van der Waals surface area contributed by atoms with Gasteiger partial charge in [-0.1, -0.05) is 12.1 Å². The zero-order chi connectivity index (χ0) is 19.1. The highest BCUT2D eigenvalue weighted by molar-refractivity contribution is 14.0. The van der Waals surface area contributed by atoms with Crippen LogP contribution in [-0.2, 0) is 12.0 Å². The molecule has 0 aliphatic carbocycles. The van der Waals surface area contributed by atoms with Gasteiger partial charge in [-0.15, -0.1) is 45.5 Å². The van der Waals surface area contributed by atoms with E-state index in [1.165, 1.54) is 0 Å². The number of aliphatic imine (C=N–C) groups is 1. The molecule has 7 nitrogen and oxygen atoms in total. The highest BCUT2D eigenvalue weighted by Gasteiger charge is 2.23. The third-order valence-corrected chi connectivity index (χ3v) is 5.32. The van der Waals surface area contributed by atoms with Crippen molar-refractivity contribution in [1.82, 2.24) is 25.2 Å². The van der Waals surface area contributed by atoms with Crippen molar-refractivity contribution in [2.24, 2.45) is 4.99 Å². The molecule has 152 valence electrons. The van der Waals surface area contributed by atoms with E-state index in [0.717, 1.165) is 42.3 Å². The van der Waals surface area contributed by atoms with Crippen LogP contribution >= 0.6 is 35.3 Å². The molecule has 0 saturated heterocycles. The molecule has 0 aliphatic heterocycles. The molecule has 3 N–H and O–H groups in total. The van der Waals surface area contributed by atoms with Crippen molar-refractivity contribution in [3.05, 3.63) is 52.6 Å². The number of hydrogen-bond donors (Lipinski definition) is 3. The lowest BCUT2D eigenvalue weighted by Crippen LogP contribution is -2.39. The molecule has 3 aromatic heterocycles. The molecule has 1 unspecified atom stereocenters. The van der Waals surface area contributed by atoms with Crippen molar-refractivity contribution in [1.29, 1.82) is 0 Å². The highest BCUT2D eigenvalue weighted by atomic mass is 127. The van der Waals surface area contributed by atoms with Gasteiger partial charge in [0.1, 0.15) is 11.4 Å². The average Bonchev–Trinajstić information content (AvgIpc) is 3.34. The minimum Gasteiger partial charge on any atom is -0.383 e. The molecule has 0 saturated carbocycles. The first-order valence-corrected chi connectivity index (χ1v) is 10.1. The zero-order valence-electron chi connectivity index (χ0n) is 16.1. The number of guanidine groups is 1. The number of fused-ring (bicyclic) bond motifs is 1. The second-order valence-electron chi connectivity index (χ2n) is 6.52. The molecule has 0 spiro atoms. The van der Waals surface area contributed by atoms with Crippen LogP contribution in [0.3, 0.4) is 0 Å². The van der Waals surface area contributed by atoms with Crippen molar-refractivity contribution in [3.63, 3.8) is 0 Å². The summed E-state index contributed by atoms with van der Waals surface area (Å²) in [6.45, 7) is 5.65. The molecule has 0 aliphatic rings. The molecule has 0 amide bonds. The lowest BCUT2D eigenvalue weighted by atomic mass is 10.1. The maximum Gasteiger partial charge on any atom is 0.191 e. The lowest BCUT2D eigenvalue weighted by Gasteiger charge is -2.20. The topological polar surface area (TPSA) is 86.8 Å². The summed E-state index contributed by atoms with van der Waals surface area (Å²) in [6, 6.07) is 9.76. The number of pyridine rings is 1. The molecule has 28 heavy (non-hydrogen) atoms. The van der Waals surface area contributed by atoms with Gasteiger partial charge in [0.15, 0.2) is 11.6 Å². The highest BCUT2D eigenvalue weighted by Crippen LogP contribution is 2.25. The number of thiophene rings is 1. The van der Waals surface area contributed by atoms with Gasteiger partial charge in [0, 0.05) is 30.6 Å². The molecule has 9 heteroatoms. The Hall–Kier alpha value is -1.72. The summed E-state index contributed by atoms with van der Waals surface area (Å²) in [5.41, 5.74) is -0.0945. The normalized spacial score (nSPS) is 13.8. The number of aliphatic hydroxyl groups is 1.